The summed E-state index contributed by atoms with van der Waals surface area (Å²) in [4.78, 5) is 37.2. The number of ether oxygens (including phenoxy) is 2. The number of benzene rings is 1. The van der Waals surface area contributed by atoms with Crippen LogP contribution in [0.4, 0.5) is 0 Å². The van der Waals surface area contributed by atoms with Crippen LogP contribution >= 0.6 is 0 Å². The fraction of sp³-hybridized carbons (Fsp3) is 0.375. The van der Waals surface area contributed by atoms with Gasteiger partial charge < -0.3 is 19.7 Å². The number of methoxy groups -OCH3 is 1. The minimum absolute atomic E-state index is 0.00688. The Morgan fingerprint density at radius 2 is 2.04 bits per heavy atom. The van der Waals surface area contributed by atoms with Crippen molar-refractivity contribution in [3.63, 3.8) is 0 Å². The third kappa shape index (κ3) is 3.17. The van der Waals surface area contributed by atoms with Crippen LogP contribution in [0.2, 0.25) is 0 Å². The molecule has 1 fully saturated rings. The van der Waals surface area contributed by atoms with Gasteiger partial charge in [-0.25, -0.2) is 4.79 Å². The second kappa shape index (κ2) is 7.20. The molecule has 2 heterocycles. The maximum absolute atomic E-state index is 12.6. The van der Waals surface area contributed by atoms with Crippen molar-refractivity contribution in [3.8, 4) is 5.75 Å². The molecule has 2 aromatic rings. The smallest absolute Gasteiger partial charge is 0.357 e. The van der Waals surface area contributed by atoms with Crippen LogP contribution in [0.3, 0.4) is 0 Å². The molecule has 0 unspecified atom stereocenters. The van der Waals surface area contributed by atoms with E-state index < -0.39 is 42.2 Å². The molecule has 0 saturated carbocycles. The summed E-state index contributed by atoms with van der Waals surface area (Å²) < 4.78 is 11.6. The highest BCUT2D eigenvalue weighted by Gasteiger charge is 2.36. The molecule has 0 amide bonds. The van der Waals surface area contributed by atoms with Crippen LogP contribution < -0.4 is 16.0 Å². The van der Waals surface area contributed by atoms with E-state index in [4.69, 9.17) is 14.6 Å². The lowest BCUT2D eigenvalue weighted by atomic mass is 10.2. The molecule has 10 heteroatoms. The van der Waals surface area contributed by atoms with Gasteiger partial charge in [0, 0.05) is 12.0 Å². The van der Waals surface area contributed by atoms with Crippen LogP contribution in [0.5, 0.6) is 5.75 Å². The lowest BCUT2D eigenvalue weighted by Gasteiger charge is -2.14. The van der Waals surface area contributed by atoms with Gasteiger partial charge in [0.15, 0.2) is 6.23 Å². The Morgan fingerprint density at radius 3 is 2.62 bits per heavy atom. The van der Waals surface area contributed by atoms with Gasteiger partial charge in [0.2, 0.25) is 0 Å². The van der Waals surface area contributed by atoms with E-state index in [-0.39, 0.29) is 12.0 Å². The average Bonchev–Trinajstić information content (AvgIpc) is 3.02. The first-order valence-corrected chi connectivity index (χ1v) is 7.80. The molecule has 3 atom stereocenters. The molecule has 0 radical (unpaired) electrons. The quantitative estimate of drug-likeness (QED) is 0.688. The molecule has 0 spiro atoms. The lowest BCUT2D eigenvalue weighted by molar-refractivity contribution is -0.0510. The van der Waals surface area contributed by atoms with E-state index in [1.807, 2.05) is 0 Å². The van der Waals surface area contributed by atoms with Crippen LogP contribution in [0.15, 0.2) is 40.1 Å². The van der Waals surface area contributed by atoms with Gasteiger partial charge in [-0.3, -0.25) is 9.59 Å². The molecule has 1 aliphatic heterocycles. The Balaban J connectivity index is 1.99. The number of carbonyl (C=O) groups excluding carboxylic acids is 1. The zero-order valence-corrected chi connectivity index (χ0v) is 13.8. The molecule has 1 aromatic carbocycles. The Kier molecular flexibility index (Phi) is 4.98. The zero-order chi connectivity index (χ0) is 18.8. The van der Waals surface area contributed by atoms with Crippen LogP contribution in [0.1, 0.15) is 23.0 Å². The molecule has 2 N–H and O–H groups in total. The molecule has 1 saturated heterocycles. The first-order valence-electron chi connectivity index (χ1n) is 7.80. The normalized spacial score (nSPS) is 22.3. The Morgan fingerprint density at radius 1 is 1.35 bits per heavy atom. The standard InChI is InChI=1S/C16H17N3O7/c1-25-10-4-2-9(3-5-10)15(23)18-13(22)7-17-19(16(18)24)14-6-11(21)12(8-20)26-14/h2-5,7,11-12,14,20-21H,6,8H2,1H3/t11-,12+,14+/m0/s1. The number of aliphatic hydroxyl groups is 2. The monoisotopic (exact) mass is 363 g/mol. The Bertz CT molecular complexity index is 919. The maximum Gasteiger partial charge on any atom is 0.357 e. The molecular weight excluding hydrogens is 346 g/mol. The third-order valence-electron chi connectivity index (χ3n) is 4.10. The fourth-order valence-electron chi connectivity index (χ4n) is 2.69. The number of hydrogen-bond donors (Lipinski definition) is 2. The van der Waals surface area contributed by atoms with E-state index in [9.17, 15) is 19.5 Å². The summed E-state index contributed by atoms with van der Waals surface area (Å²) in [6.07, 6.45) is -2.04. The van der Waals surface area contributed by atoms with Gasteiger partial charge in [0.1, 0.15) is 18.1 Å². The minimum atomic E-state index is -0.995. The number of aliphatic hydroxyl groups excluding tert-OH is 2. The summed E-state index contributed by atoms with van der Waals surface area (Å²) in [7, 11) is 1.47. The average molecular weight is 363 g/mol. The van der Waals surface area contributed by atoms with Crippen molar-refractivity contribution in [2.24, 2.45) is 0 Å². The summed E-state index contributed by atoms with van der Waals surface area (Å²) in [6, 6.07) is 5.91. The summed E-state index contributed by atoms with van der Waals surface area (Å²) >= 11 is 0. The SMILES string of the molecule is COc1ccc(C(=O)n2c(=O)cnn([C@H]3C[C@H](O)[C@@H](CO)O3)c2=O)cc1. The van der Waals surface area contributed by atoms with E-state index in [0.29, 0.717) is 10.3 Å². The van der Waals surface area contributed by atoms with E-state index in [1.165, 1.54) is 31.4 Å². The lowest BCUT2D eigenvalue weighted by Crippen LogP contribution is -2.45. The highest BCUT2D eigenvalue weighted by Crippen LogP contribution is 2.26. The first kappa shape index (κ1) is 18.0. The van der Waals surface area contributed by atoms with Crippen molar-refractivity contribution >= 4 is 5.91 Å². The summed E-state index contributed by atoms with van der Waals surface area (Å²) in [5.41, 5.74) is -1.76. The molecule has 1 aliphatic rings. The Labute approximate surface area is 146 Å². The molecule has 0 bridgehead atoms. The number of aromatic nitrogens is 3. The van der Waals surface area contributed by atoms with Crippen LogP contribution in [0, 0.1) is 0 Å². The van der Waals surface area contributed by atoms with Gasteiger partial charge in [0.05, 0.1) is 19.8 Å². The molecule has 3 rings (SSSR count). The van der Waals surface area contributed by atoms with Gasteiger partial charge >= 0.3 is 5.69 Å². The highest BCUT2D eigenvalue weighted by atomic mass is 16.5. The van der Waals surface area contributed by atoms with E-state index in [2.05, 4.69) is 5.10 Å². The Hall–Kier alpha value is -2.82. The van der Waals surface area contributed by atoms with E-state index in [0.717, 1.165) is 10.9 Å². The van der Waals surface area contributed by atoms with E-state index in [1.54, 1.807) is 0 Å². The first-order chi connectivity index (χ1) is 12.5. The zero-order valence-electron chi connectivity index (χ0n) is 13.8. The van der Waals surface area contributed by atoms with E-state index >= 15 is 0 Å². The second-order valence-corrected chi connectivity index (χ2v) is 5.69. The second-order valence-electron chi connectivity index (χ2n) is 5.69. The van der Waals surface area contributed by atoms with Gasteiger partial charge in [0.25, 0.3) is 11.5 Å². The van der Waals surface area contributed by atoms with Gasteiger partial charge in [-0.2, -0.15) is 14.3 Å². The fourth-order valence-corrected chi connectivity index (χ4v) is 2.69. The van der Waals surface area contributed by atoms with Crippen molar-refractivity contribution < 1.29 is 24.5 Å². The molecule has 0 aliphatic carbocycles. The maximum atomic E-state index is 12.6. The molecule has 1 aromatic heterocycles. The predicted molar refractivity (Wildman–Crippen MR) is 87.1 cm³/mol. The van der Waals surface area contributed by atoms with Crippen LogP contribution in [-0.4, -0.2) is 56.4 Å². The summed E-state index contributed by atoms with van der Waals surface area (Å²) in [6.45, 7) is -0.434. The van der Waals surface area contributed by atoms with Crippen LogP contribution in [0.25, 0.3) is 0 Å². The summed E-state index contributed by atoms with van der Waals surface area (Å²) in [5.74, 6) is -0.305. The van der Waals surface area contributed by atoms with Gasteiger partial charge in [-0.1, -0.05) is 0 Å². The van der Waals surface area contributed by atoms with Crippen LogP contribution in [-0.2, 0) is 4.74 Å². The summed E-state index contributed by atoms with van der Waals surface area (Å²) in [5, 5.41) is 22.6. The predicted octanol–water partition coefficient (Wildman–Crippen LogP) is -1.26. The number of hydrogen-bond acceptors (Lipinski definition) is 8. The topological polar surface area (TPSA) is 133 Å². The molecule has 26 heavy (non-hydrogen) atoms. The molecule has 138 valence electrons. The minimum Gasteiger partial charge on any atom is -0.497 e. The van der Waals surface area contributed by atoms with Crippen molar-refractivity contribution in [1.29, 1.82) is 0 Å². The van der Waals surface area contributed by atoms with Gasteiger partial charge in [-0.05, 0) is 24.3 Å². The number of rotatable bonds is 4. The largest absolute Gasteiger partial charge is 0.497 e. The van der Waals surface area contributed by atoms with Gasteiger partial charge in [-0.15, -0.1) is 0 Å². The van der Waals surface area contributed by atoms with Crippen molar-refractivity contribution in [2.75, 3.05) is 13.7 Å². The van der Waals surface area contributed by atoms with Crippen molar-refractivity contribution in [3.05, 3.63) is 56.9 Å². The van der Waals surface area contributed by atoms with Crippen molar-refractivity contribution in [1.82, 2.24) is 14.3 Å². The molecular formula is C16H17N3O7. The van der Waals surface area contributed by atoms with Crippen molar-refractivity contribution in [2.45, 2.75) is 24.9 Å². The third-order valence-corrected chi connectivity index (χ3v) is 4.10. The number of nitrogens with zero attached hydrogens (tertiary/aromatic N) is 3. The highest BCUT2D eigenvalue weighted by molar-refractivity contribution is 5.95. The number of carbonyl (C=O) groups is 1. The molecule has 10 nitrogen and oxygen atoms in total.